The summed E-state index contributed by atoms with van der Waals surface area (Å²) < 4.78 is 6.03. The van der Waals surface area contributed by atoms with Crippen LogP contribution in [0, 0.1) is 0 Å². The molecule has 2 aromatic rings. The lowest BCUT2D eigenvalue weighted by Gasteiger charge is -2.16. The average molecular weight is 254 g/mol. The first-order valence-electron chi connectivity index (χ1n) is 6.20. The van der Waals surface area contributed by atoms with Crippen LogP contribution in [0.3, 0.4) is 0 Å². The number of benzene rings is 2. The van der Waals surface area contributed by atoms with E-state index in [4.69, 9.17) is 4.43 Å². The van der Waals surface area contributed by atoms with Gasteiger partial charge < -0.3 is 4.43 Å². The minimum absolute atomic E-state index is 0.972. The predicted octanol–water partition coefficient (Wildman–Crippen LogP) is 4.36. The van der Waals surface area contributed by atoms with Crippen LogP contribution in [-0.2, 0) is 0 Å². The summed E-state index contributed by atoms with van der Waals surface area (Å²) in [5.41, 5.74) is 3.44. The molecule has 0 radical (unpaired) electrons. The fourth-order valence-electron chi connectivity index (χ4n) is 1.98. The van der Waals surface area contributed by atoms with E-state index < -0.39 is 9.04 Å². The summed E-state index contributed by atoms with van der Waals surface area (Å²) in [7, 11) is -1.11. The molecule has 2 rings (SSSR count). The highest BCUT2D eigenvalue weighted by molar-refractivity contribution is 6.49. The van der Waals surface area contributed by atoms with Crippen molar-refractivity contribution < 1.29 is 4.43 Å². The summed E-state index contributed by atoms with van der Waals surface area (Å²) in [6.45, 7) is 8.25. The van der Waals surface area contributed by atoms with Gasteiger partial charge in [-0.25, -0.2) is 0 Å². The van der Waals surface area contributed by atoms with Crippen LogP contribution in [0.15, 0.2) is 55.1 Å². The molecule has 0 spiro atoms. The van der Waals surface area contributed by atoms with Crippen molar-refractivity contribution >= 4 is 15.1 Å². The Morgan fingerprint density at radius 2 is 1.72 bits per heavy atom. The average Bonchev–Trinajstić information content (AvgIpc) is 2.38. The van der Waals surface area contributed by atoms with Crippen molar-refractivity contribution in [2.24, 2.45) is 0 Å². The van der Waals surface area contributed by atoms with Crippen molar-refractivity contribution in [1.29, 1.82) is 0 Å². The maximum atomic E-state index is 6.03. The monoisotopic (exact) mass is 254 g/mol. The predicted molar refractivity (Wildman–Crippen MR) is 81.5 cm³/mol. The smallest absolute Gasteiger partial charge is 0.229 e. The molecule has 0 unspecified atom stereocenters. The zero-order valence-corrected chi connectivity index (χ0v) is 12.0. The lowest BCUT2D eigenvalue weighted by Crippen LogP contribution is -2.12. The Balaban J connectivity index is 2.58. The van der Waals surface area contributed by atoms with Gasteiger partial charge in [-0.1, -0.05) is 55.1 Å². The molecule has 0 atom stereocenters. The molecule has 0 heterocycles. The van der Waals surface area contributed by atoms with Crippen LogP contribution in [0.2, 0.25) is 13.1 Å². The lowest BCUT2D eigenvalue weighted by molar-refractivity contribution is 0.582. The molecule has 2 heteroatoms. The zero-order chi connectivity index (χ0) is 13.0. The van der Waals surface area contributed by atoms with Crippen molar-refractivity contribution in [3.05, 3.63) is 60.7 Å². The Morgan fingerprint density at radius 1 is 1.00 bits per heavy atom. The highest BCUT2D eigenvalue weighted by Crippen LogP contribution is 2.34. The third-order valence-electron chi connectivity index (χ3n) is 2.70. The molecule has 0 aliphatic carbocycles. The van der Waals surface area contributed by atoms with Gasteiger partial charge in [0.25, 0.3) is 0 Å². The first-order chi connectivity index (χ1) is 8.72. The van der Waals surface area contributed by atoms with Gasteiger partial charge in [-0.3, -0.25) is 0 Å². The molecule has 18 heavy (non-hydrogen) atoms. The first-order valence-corrected chi connectivity index (χ1v) is 8.98. The topological polar surface area (TPSA) is 9.23 Å². The van der Waals surface area contributed by atoms with Gasteiger partial charge in [-0.2, -0.15) is 0 Å². The molecule has 0 aliphatic rings. The molecule has 0 saturated carbocycles. The van der Waals surface area contributed by atoms with Crippen molar-refractivity contribution in [2.45, 2.75) is 13.1 Å². The second-order valence-corrected chi connectivity index (χ2v) is 6.79. The van der Waals surface area contributed by atoms with Crippen LogP contribution in [-0.4, -0.2) is 9.04 Å². The highest BCUT2D eigenvalue weighted by Gasteiger charge is 2.11. The van der Waals surface area contributed by atoms with Gasteiger partial charge in [0.05, 0.1) is 0 Å². The van der Waals surface area contributed by atoms with E-state index in [-0.39, 0.29) is 0 Å². The fraction of sp³-hybridized carbons (Fsp3) is 0.125. The maximum Gasteiger partial charge on any atom is 0.229 e. The van der Waals surface area contributed by atoms with E-state index in [0.717, 1.165) is 16.9 Å². The molecule has 0 amide bonds. The third kappa shape index (κ3) is 2.71. The SMILES string of the molecule is C=Cc1cccc(O[SiH](C)C)c1-c1ccccc1. The molecular formula is C16H18OSi. The van der Waals surface area contributed by atoms with Crippen molar-refractivity contribution in [1.82, 2.24) is 0 Å². The van der Waals surface area contributed by atoms with Gasteiger partial charge in [-0.15, -0.1) is 0 Å². The van der Waals surface area contributed by atoms with Crippen LogP contribution < -0.4 is 4.43 Å². The molecule has 0 fully saturated rings. The molecular weight excluding hydrogens is 236 g/mol. The summed E-state index contributed by atoms with van der Waals surface area (Å²) in [4.78, 5) is 0. The van der Waals surface area contributed by atoms with Gasteiger partial charge in [0.1, 0.15) is 5.75 Å². The zero-order valence-electron chi connectivity index (χ0n) is 10.9. The largest absolute Gasteiger partial charge is 0.547 e. The van der Waals surface area contributed by atoms with Gasteiger partial charge in [0.15, 0.2) is 0 Å². The minimum Gasteiger partial charge on any atom is -0.547 e. The van der Waals surface area contributed by atoms with E-state index in [1.807, 2.05) is 36.4 Å². The van der Waals surface area contributed by atoms with Crippen molar-refractivity contribution in [3.8, 4) is 16.9 Å². The normalized spacial score (nSPS) is 10.4. The maximum absolute atomic E-state index is 6.03. The quantitative estimate of drug-likeness (QED) is 0.737. The van der Waals surface area contributed by atoms with Crippen LogP contribution in [0.5, 0.6) is 5.75 Å². The second kappa shape index (κ2) is 5.69. The van der Waals surface area contributed by atoms with Crippen molar-refractivity contribution in [3.63, 3.8) is 0 Å². The Bertz CT molecular complexity index is 532. The van der Waals surface area contributed by atoms with Crippen LogP contribution >= 0.6 is 0 Å². The molecule has 0 bridgehead atoms. The van der Waals surface area contributed by atoms with Crippen LogP contribution in [0.4, 0.5) is 0 Å². The molecule has 2 aromatic carbocycles. The molecule has 1 nitrogen and oxygen atoms in total. The van der Waals surface area contributed by atoms with Gasteiger partial charge >= 0.3 is 0 Å². The van der Waals surface area contributed by atoms with Crippen LogP contribution in [0.25, 0.3) is 17.2 Å². The lowest BCUT2D eigenvalue weighted by atomic mass is 9.99. The summed E-state index contributed by atoms with van der Waals surface area (Å²) in [6.07, 6.45) is 1.89. The minimum atomic E-state index is -1.11. The van der Waals surface area contributed by atoms with Gasteiger partial charge in [0, 0.05) is 5.56 Å². The Morgan fingerprint density at radius 3 is 2.33 bits per heavy atom. The fourth-order valence-corrected chi connectivity index (χ4v) is 2.69. The standard InChI is InChI=1S/C16H18OSi/c1-4-13-11-8-12-15(17-18(2)3)16(13)14-9-6-5-7-10-14/h4-12,18H,1H2,2-3H3. The highest BCUT2D eigenvalue weighted by atomic mass is 28.3. The van der Waals surface area contributed by atoms with Crippen molar-refractivity contribution in [2.75, 3.05) is 0 Å². The van der Waals surface area contributed by atoms with Crippen LogP contribution in [0.1, 0.15) is 5.56 Å². The first kappa shape index (κ1) is 12.6. The molecule has 92 valence electrons. The summed E-state index contributed by atoms with van der Waals surface area (Å²) >= 11 is 0. The van der Waals surface area contributed by atoms with E-state index in [2.05, 4.69) is 37.9 Å². The van der Waals surface area contributed by atoms with Gasteiger partial charge in [-0.05, 0) is 30.3 Å². The van der Waals surface area contributed by atoms with E-state index in [1.54, 1.807) is 0 Å². The Labute approximate surface area is 110 Å². The van der Waals surface area contributed by atoms with E-state index in [0.29, 0.717) is 0 Å². The molecule has 0 aromatic heterocycles. The molecule has 0 N–H and O–H groups in total. The summed E-state index contributed by atoms with van der Waals surface area (Å²) in [5.74, 6) is 0.972. The Kier molecular flexibility index (Phi) is 4.00. The molecule has 0 saturated heterocycles. The van der Waals surface area contributed by atoms with E-state index in [1.165, 1.54) is 5.56 Å². The number of rotatable bonds is 4. The van der Waals surface area contributed by atoms with Gasteiger partial charge in [0.2, 0.25) is 9.04 Å². The number of hydrogen-bond acceptors (Lipinski definition) is 1. The summed E-state index contributed by atoms with van der Waals surface area (Å²) in [6, 6.07) is 16.5. The number of hydrogen-bond donors (Lipinski definition) is 0. The van der Waals surface area contributed by atoms with E-state index in [9.17, 15) is 0 Å². The second-order valence-electron chi connectivity index (χ2n) is 4.46. The van der Waals surface area contributed by atoms with E-state index >= 15 is 0 Å². The Hall–Kier alpha value is -1.80. The third-order valence-corrected chi connectivity index (χ3v) is 3.43. The molecule has 0 aliphatic heterocycles. The summed E-state index contributed by atoms with van der Waals surface area (Å²) in [5, 5.41) is 0.